The van der Waals surface area contributed by atoms with Crippen LogP contribution < -0.4 is 14.4 Å². The molecule has 2 amide bonds. The Morgan fingerprint density at radius 2 is 1.55 bits per heavy atom. The predicted molar refractivity (Wildman–Crippen MR) is 190 cm³/mol. The summed E-state index contributed by atoms with van der Waals surface area (Å²) >= 11 is 9.93. The molecule has 0 spiro atoms. The van der Waals surface area contributed by atoms with Crippen molar-refractivity contribution < 1.29 is 22.7 Å². The van der Waals surface area contributed by atoms with Gasteiger partial charge in [-0.1, -0.05) is 89.4 Å². The van der Waals surface area contributed by atoms with Gasteiger partial charge in [-0.3, -0.25) is 13.9 Å². The molecule has 1 N–H and O–H groups in total. The van der Waals surface area contributed by atoms with Gasteiger partial charge in [0, 0.05) is 29.0 Å². The fourth-order valence-electron chi connectivity index (χ4n) is 5.01. The van der Waals surface area contributed by atoms with Gasteiger partial charge in [0.2, 0.25) is 11.8 Å². The quantitative estimate of drug-likeness (QED) is 0.122. The zero-order valence-electron chi connectivity index (χ0n) is 26.4. The van der Waals surface area contributed by atoms with Gasteiger partial charge in [-0.05, 0) is 79.1 Å². The number of halogens is 2. The summed E-state index contributed by atoms with van der Waals surface area (Å²) in [7, 11) is -4.23. The van der Waals surface area contributed by atoms with Crippen molar-refractivity contribution >= 4 is 55.1 Å². The molecule has 4 aromatic carbocycles. The molecule has 248 valence electrons. The Hall–Kier alpha value is -3.86. The molecule has 0 aromatic heterocycles. The number of hydrogen-bond donors (Lipinski definition) is 1. The van der Waals surface area contributed by atoms with Crippen LogP contribution in [0, 0.1) is 0 Å². The number of benzene rings is 4. The summed E-state index contributed by atoms with van der Waals surface area (Å²) < 4.78 is 35.8. The molecule has 0 unspecified atom stereocenters. The molecule has 0 aliphatic heterocycles. The number of rotatable bonds is 16. The number of sulfonamides is 1. The average Bonchev–Trinajstić information content (AvgIpc) is 3.07. The van der Waals surface area contributed by atoms with Crippen LogP contribution in [0.2, 0.25) is 5.02 Å². The number of anilines is 1. The molecule has 1 atom stereocenters. The van der Waals surface area contributed by atoms with Gasteiger partial charge in [0.05, 0.1) is 17.2 Å². The summed E-state index contributed by atoms with van der Waals surface area (Å²) in [6.45, 7) is 4.21. The highest BCUT2D eigenvalue weighted by Gasteiger charge is 2.35. The van der Waals surface area contributed by atoms with Crippen molar-refractivity contribution in [1.29, 1.82) is 0 Å². The Bertz CT molecular complexity index is 1720. The number of hydrogen-bond acceptors (Lipinski definition) is 5. The van der Waals surface area contributed by atoms with E-state index in [2.05, 4.69) is 21.2 Å². The van der Waals surface area contributed by atoms with Crippen LogP contribution >= 0.6 is 27.5 Å². The third kappa shape index (κ3) is 9.82. The molecule has 0 bridgehead atoms. The molecule has 4 aromatic rings. The molecule has 0 heterocycles. The van der Waals surface area contributed by atoms with Gasteiger partial charge in [0.1, 0.15) is 18.3 Å². The molecule has 0 aliphatic rings. The highest BCUT2D eigenvalue weighted by molar-refractivity contribution is 9.10. The van der Waals surface area contributed by atoms with Crippen molar-refractivity contribution in [3.63, 3.8) is 0 Å². The standard InChI is InChI=1S/C36H39BrClN3O5S/c1-3-5-23-39-36(43)34(24-27-11-7-6-8-12-27)40(25-28-13-9-10-14-33(28)38)35(42)26-41(30-17-19-31(20-18-30)46-4-2)47(44,45)32-21-15-29(37)16-22-32/h6-22,34H,3-5,23-26H2,1-2H3,(H,39,43)/t34-/m0/s1. The van der Waals surface area contributed by atoms with Crippen LogP contribution in [0.4, 0.5) is 5.69 Å². The van der Waals surface area contributed by atoms with E-state index in [0.29, 0.717) is 34.0 Å². The Labute approximate surface area is 290 Å². The third-order valence-corrected chi connectivity index (χ3v) is 10.2. The topological polar surface area (TPSA) is 96.0 Å². The second-order valence-electron chi connectivity index (χ2n) is 10.9. The van der Waals surface area contributed by atoms with E-state index < -0.39 is 28.5 Å². The number of amides is 2. The summed E-state index contributed by atoms with van der Waals surface area (Å²) in [4.78, 5) is 29.9. The highest BCUT2D eigenvalue weighted by Crippen LogP contribution is 2.28. The third-order valence-electron chi connectivity index (χ3n) is 7.52. The van der Waals surface area contributed by atoms with E-state index in [1.54, 1.807) is 54.6 Å². The van der Waals surface area contributed by atoms with Crippen LogP contribution in [0.1, 0.15) is 37.8 Å². The van der Waals surface area contributed by atoms with E-state index in [4.69, 9.17) is 16.3 Å². The van der Waals surface area contributed by atoms with E-state index in [1.165, 1.54) is 17.0 Å². The van der Waals surface area contributed by atoms with E-state index in [9.17, 15) is 18.0 Å². The summed E-state index contributed by atoms with van der Waals surface area (Å²) in [5, 5.41) is 3.42. The molecule has 47 heavy (non-hydrogen) atoms. The van der Waals surface area contributed by atoms with Crippen LogP contribution in [-0.2, 0) is 32.6 Å². The molecule has 8 nitrogen and oxygen atoms in total. The van der Waals surface area contributed by atoms with Crippen molar-refractivity contribution in [2.45, 2.75) is 50.6 Å². The number of unbranched alkanes of at least 4 members (excludes halogenated alkanes) is 1. The number of carbonyl (C=O) groups is 2. The SMILES string of the molecule is CCCCNC(=O)[C@H](Cc1ccccc1)N(Cc1ccccc1Cl)C(=O)CN(c1ccc(OCC)cc1)S(=O)(=O)c1ccc(Br)cc1. The van der Waals surface area contributed by atoms with Gasteiger partial charge < -0.3 is 15.0 Å². The van der Waals surface area contributed by atoms with Crippen molar-refractivity contribution in [3.8, 4) is 5.75 Å². The molecule has 0 aliphatic carbocycles. The second kappa shape index (κ2) is 17.3. The molecule has 0 saturated carbocycles. The van der Waals surface area contributed by atoms with Gasteiger partial charge >= 0.3 is 0 Å². The molecule has 0 saturated heterocycles. The summed E-state index contributed by atoms with van der Waals surface area (Å²) in [5.74, 6) is -0.326. The number of nitrogens with one attached hydrogen (secondary N) is 1. The molecular formula is C36H39BrClN3O5S. The first-order chi connectivity index (χ1) is 22.6. The molecular weight excluding hydrogens is 702 g/mol. The largest absolute Gasteiger partial charge is 0.494 e. The van der Waals surface area contributed by atoms with E-state index >= 15 is 0 Å². The summed E-state index contributed by atoms with van der Waals surface area (Å²) in [5.41, 5.74) is 1.76. The monoisotopic (exact) mass is 739 g/mol. The molecule has 4 rings (SSSR count). The maximum Gasteiger partial charge on any atom is 0.264 e. The van der Waals surface area contributed by atoms with Crippen molar-refractivity contribution in [2.75, 3.05) is 24.0 Å². The zero-order chi connectivity index (χ0) is 33.8. The molecule has 0 fully saturated rings. The minimum atomic E-state index is -4.23. The molecule has 11 heteroatoms. The fourth-order valence-corrected chi connectivity index (χ4v) is 6.88. The summed E-state index contributed by atoms with van der Waals surface area (Å²) in [6, 6.07) is 28.3. The van der Waals surface area contributed by atoms with Crippen LogP contribution in [0.15, 0.2) is 112 Å². The lowest BCUT2D eigenvalue weighted by Crippen LogP contribution is -2.53. The van der Waals surface area contributed by atoms with Crippen molar-refractivity contribution in [2.24, 2.45) is 0 Å². The summed E-state index contributed by atoms with van der Waals surface area (Å²) in [6.07, 6.45) is 1.88. The van der Waals surface area contributed by atoms with Gasteiger partial charge in [-0.15, -0.1) is 0 Å². The lowest BCUT2D eigenvalue weighted by molar-refractivity contribution is -0.140. The van der Waals surface area contributed by atoms with Crippen molar-refractivity contribution in [1.82, 2.24) is 10.2 Å². The fraction of sp³-hybridized carbons (Fsp3) is 0.278. The van der Waals surface area contributed by atoms with E-state index in [1.807, 2.05) is 50.2 Å². The minimum absolute atomic E-state index is 0.00729. The maximum atomic E-state index is 14.6. The number of nitrogens with zero attached hydrogens (tertiary/aromatic N) is 2. The highest BCUT2D eigenvalue weighted by atomic mass is 79.9. The first-order valence-corrected chi connectivity index (χ1v) is 18.1. The van der Waals surface area contributed by atoms with Crippen molar-refractivity contribution in [3.05, 3.63) is 124 Å². The number of ether oxygens (including phenoxy) is 1. The Kier molecular flexibility index (Phi) is 13.3. The lowest BCUT2D eigenvalue weighted by atomic mass is 10.0. The van der Waals surface area contributed by atoms with Crippen LogP contribution in [0.3, 0.4) is 0 Å². The Morgan fingerprint density at radius 3 is 2.19 bits per heavy atom. The van der Waals surface area contributed by atoms with Gasteiger partial charge in [-0.2, -0.15) is 0 Å². The van der Waals surface area contributed by atoms with E-state index in [-0.39, 0.29) is 29.5 Å². The van der Waals surface area contributed by atoms with Crippen LogP contribution in [0.5, 0.6) is 5.75 Å². The zero-order valence-corrected chi connectivity index (χ0v) is 29.6. The first-order valence-electron chi connectivity index (χ1n) is 15.5. The number of carbonyl (C=O) groups excluding carboxylic acids is 2. The normalized spacial score (nSPS) is 11.8. The maximum absolute atomic E-state index is 14.6. The smallest absolute Gasteiger partial charge is 0.264 e. The molecule has 0 radical (unpaired) electrons. The Morgan fingerprint density at radius 1 is 0.894 bits per heavy atom. The van der Waals surface area contributed by atoms with E-state index in [0.717, 1.165) is 22.7 Å². The average molecular weight is 741 g/mol. The minimum Gasteiger partial charge on any atom is -0.494 e. The van der Waals surface area contributed by atoms with Crippen LogP contribution in [0.25, 0.3) is 0 Å². The predicted octanol–water partition coefficient (Wildman–Crippen LogP) is 7.25. The first kappa shape index (κ1) is 36.0. The van der Waals surface area contributed by atoms with Gasteiger partial charge in [-0.25, -0.2) is 8.42 Å². The van der Waals surface area contributed by atoms with Crippen LogP contribution in [-0.4, -0.2) is 50.9 Å². The van der Waals surface area contributed by atoms with Gasteiger partial charge in [0.15, 0.2) is 0 Å². The van der Waals surface area contributed by atoms with Gasteiger partial charge in [0.25, 0.3) is 10.0 Å². The second-order valence-corrected chi connectivity index (χ2v) is 14.0. The Balaban J connectivity index is 1.80. The lowest BCUT2D eigenvalue weighted by Gasteiger charge is -2.34.